The summed E-state index contributed by atoms with van der Waals surface area (Å²) in [6.45, 7) is 10.1. The van der Waals surface area contributed by atoms with Gasteiger partial charge < -0.3 is 9.80 Å². The molecule has 0 saturated carbocycles. The Morgan fingerprint density at radius 2 is 1.94 bits per heavy atom. The van der Waals surface area contributed by atoms with Crippen molar-refractivity contribution in [1.82, 2.24) is 15.2 Å². The number of nitrogens with one attached hydrogen (secondary N) is 1. The number of hydrogen-bond donors (Lipinski definition) is 1. The molecule has 1 atom stereocenters. The lowest BCUT2D eigenvalue weighted by atomic mass is 10.1. The number of aryl methyl sites for hydroxylation is 2. The van der Waals surface area contributed by atoms with Gasteiger partial charge in [-0.05, 0) is 48.9 Å². The lowest BCUT2D eigenvalue weighted by molar-refractivity contribution is -0.131. The van der Waals surface area contributed by atoms with E-state index in [1.54, 1.807) is 0 Å². The first-order valence-corrected chi connectivity index (χ1v) is 13.0. The van der Waals surface area contributed by atoms with Gasteiger partial charge in [-0.15, -0.1) is 11.3 Å². The zero-order chi connectivity index (χ0) is 23.8. The van der Waals surface area contributed by atoms with Gasteiger partial charge in [0, 0.05) is 51.3 Å². The van der Waals surface area contributed by atoms with Crippen LogP contribution in [-0.4, -0.2) is 66.5 Å². The molecule has 5 rings (SSSR count). The monoisotopic (exact) mass is 480 g/mol. The molecule has 0 bridgehead atoms. The number of benzene rings is 1. The molecule has 4 heterocycles. The molecule has 3 aliphatic rings. The first-order valence-electron chi connectivity index (χ1n) is 12.1. The Labute approximate surface area is 204 Å². The summed E-state index contributed by atoms with van der Waals surface area (Å²) in [5, 5.41) is 6.49. The molecule has 34 heavy (non-hydrogen) atoms. The maximum atomic E-state index is 13.0. The van der Waals surface area contributed by atoms with Crippen molar-refractivity contribution in [3.05, 3.63) is 45.6 Å². The smallest absolute Gasteiger partial charge is 0.269 e. The molecule has 9 heteroatoms. The SMILES string of the molecule is CCCN1C(=O)c2sccc2N2C(CCC(=O)N3CCN(c4cc(C)ccc4C)CC3)=NNC12. The fraction of sp³-hybridized carbons (Fsp3) is 0.480. The minimum atomic E-state index is -0.305. The van der Waals surface area contributed by atoms with Gasteiger partial charge in [0.15, 0.2) is 0 Å². The predicted molar refractivity (Wildman–Crippen MR) is 136 cm³/mol. The minimum absolute atomic E-state index is 0.0508. The Balaban J connectivity index is 1.20. The number of piperazine rings is 1. The molecule has 2 aromatic rings. The van der Waals surface area contributed by atoms with Crippen molar-refractivity contribution < 1.29 is 9.59 Å². The average Bonchev–Trinajstić information content (AvgIpc) is 3.49. The molecule has 1 saturated heterocycles. The van der Waals surface area contributed by atoms with Gasteiger partial charge in [-0.25, -0.2) is 0 Å². The number of fused-ring (bicyclic) bond motifs is 3. The van der Waals surface area contributed by atoms with E-state index < -0.39 is 0 Å². The highest BCUT2D eigenvalue weighted by molar-refractivity contribution is 7.12. The zero-order valence-corrected chi connectivity index (χ0v) is 20.9. The van der Waals surface area contributed by atoms with Crippen molar-refractivity contribution >= 4 is 40.4 Å². The summed E-state index contributed by atoms with van der Waals surface area (Å²) in [4.78, 5) is 35.0. The van der Waals surface area contributed by atoms with Crippen molar-refractivity contribution in [2.24, 2.45) is 5.10 Å². The molecule has 1 N–H and O–H groups in total. The van der Waals surface area contributed by atoms with Crippen molar-refractivity contribution in [2.75, 3.05) is 42.5 Å². The summed E-state index contributed by atoms with van der Waals surface area (Å²) in [6.07, 6.45) is 1.53. The van der Waals surface area contributed by atoms with Crippen LogP contribution in [0.1, 0.15) is 47.0 Å². The number of hydrazone groups is 1. The van der Waals surface area contributed by atoms with Crippen LogP contribution >= 0.6 is 11.3 Å². The lowest BCUT2D eigenvalue weighted by Gasteiger charge is -2.40. The number of carbonyl (C=O) groups excluding carboxylic acids is 2. The Morgan fingerprint density at radius 3 is 2.71 bits per heavy atom. The Bertz CT molecular complexity index is 1120. The van der Waals surface area contributed by atoms with Crippen LogP contribution in [0.25, 0.3) is 0 Å². The summed E-state index contributed by atoms with van der Waals surface area (Å²) in [5.74, 6) is 1.03. The van der Waals surface area contributed by atoms with Crippen LogP contribution < -0.4 is 15.2 Å². The molecule has 1 aromatic heterocycles. The van der Waals surface area contributed by atoms with Gasteiger partial charge in [-0.1, -0.05) is 19.1 Å². The van der Waals surface area contributed by atoms with E-state index in [1.807, 2.05) is 21.2 Å². The van der Waals surface area contributed by atoms with Gasteiger partial charge in [0.25, 0.3) is 5.91 Å². The number of anilines is 2. The molecule has 1 fully saturated rings. The Kier molecular flexibility index (Phi) is 6.20. The molecule has 0 radical (unpaired) electrons. The number of thiophene rings is 1. The van der Waals surface area contributed by atoms with Crippen LogP contribution in [0.15, 0.2) is 34.7 Å². The van der Waals surface area contributed by atoms with E-state index in [1.165, 1.54) is 28.2 Å². The standard InChI is InChI=1S/C25H32N6O2S/c1-4-10-30-24(33)23-19(9-15-34-23)31-21(26-27-25(30)31)7-8-22(32)29-13-11-28(12-14-29)20-16-17(2)5-6-18(20)3/h5-6,9,15-16,25,27H,4,7-8,10-14H2,1-3H3. The van der Waals surface area contributed by atoms with Gasteiger partial charge in [-0.3, -0.25) is 24.8 Å². The fourth-order valence-electron chi connectivity index (χ4n) is 5.03. The van der Waals surface area contributed by atoms with Crippen LogP contribution in [0.2, 0.25) is 0 Å². The summed E-state index contributed by atoms with van der Waals surface area (Å²) < 4.78 is 0. The first-order chi connectivity index (χ1) is 16.5. The quantitative estimate of drug-likeness (QED) is 0.687. The second-order valence-electron chi connectivity index (χ2n) is 9.19. The Morgan fingerprint density at radius 1 is 1.15 bits per heavy atom. The molecular weight excluding hydrogens is 448 g/mol. The van der Waals surface area contributed by atoms with E-state index in [4.69, 9.17) is 0 Å². The maximum absolute atomic E-state index is 13.0. The molecule has 1 unspecified atom stereocenters. The number of amides is 2. The second-order valence-corrected chi connectivity index (χ2v) is 10.1. The average molecular weight is 481 g/mol. The van der Waals surface area contributed by atoms with Crippen LogP contribution in [-0.2, 0) is 4.79 Å². The van der Waals surface area contributed by atoms with Crippen molar-refractivity contribution in [3.63, 3.8) is 0 Å². The van der Waals surface area contributed by atoms with Crippen molar-refractivity contribution in [3.8, 4) is 0 Å². The highest BCUT2D eigenvalue weighted by atomic mass is 32.1. The maximum Gasteiger partial charge on any atom is 0.269 e. The highest BCUT2D eigenvalue weighted by Crippen LogP contribution is 2.37. The molecule has 8 nitrogen and oxygen atoms in total. The van der Waals surface area contributed by atoms with Crippen LogP contribution in [0.3, 0.4) is 0 Å². The van der Waals surface area contributed by atoms with E-state index in [-0.39, 0.29) is 18.1 Å². The van der Waals surface area contributed by atoms with Gasteiger partial charge >= 0.3 is 0 Å². The van der Waals surface area contributed by atoms with Gasteiger partial charge in [0.05, 0.1) is 5.69 Å². The number of rotatable bonds is 6. The topological polar surface area (TPSA) is 71.5 Å². The van der Waals surface area contributed by atoms with Crippen molar-refractivity contribution in [2.45, 2.75) is 46.3 Å². The van der Waals surface area contributed by atoms with E-state index in [2.05, 4.69) is 59.3 Å². The summed E-state index contributed by atoms with van der Waals surface area (Å²) in [7, 11) is 0. The van der Waals surface area contributed by atoms with E-state index >= 15 is 0 Å². The molecule has 1 aromatic carbocycles. The highest BCUT2D eigenvalue weighted by Gasteiger charge is 2.43. The Hall–Kier alpha value is -3.07. The van der Waals surface area contributed by atoms with Crippen molar-refractivity contribution in [1.29, 1.82) is 0 Å². The van der Waals surface area contributed by atoms with Gasteiger partial charge in [-0.2, -0.15) is 5.10 Å². The third kappa shape index (κ3) is 4.02. The number of carbonyl (C=O) groups is 2. The number of hydrogen-bond acceptors (Lipinski definition) is 7. The number of nitrogens with zero attached hydrogens (tertiary/aromatic N) is 5. The molecule has 180 valence electrons. The van der Waals surface area contributed by atoms with E-state index in [0.717, 1.165) is 49.0 Å². The molecule has 0 spiro atoms. The first kappa shape index (κ1) is 22.7. The zero-order valence-electron chi connectivity index (χ0n) is 20.1. The van der Waals surface area contributed by atoms with E-state index in [0.29, 0.717) is 19.4 Å². The van der Waals surface area contributed by atoms with Crippen LogP contribution in [0, 0.1) is 13.8 Å². The minimum Gasteiger partial charge on any atom is -0.368 e. The third-order valence-electron chi connectivity index (χ3n) is 6.85. The third-order valence-corrected chi connectivity index (χ3v) is 7.74. The van der Waals surface area contributed by atoms with Gasteiger partial charge in [0.2, 0.25) is 12.2 Å². The summed E-state index contributed by atoms with van der Waals surface area (Å²) in [6, 6.07) is 8.52. The molecule has 0 aliphatic carbocycles. The summed E-state index contributed by atoms with van der Waals surface area (Å²) >= 11 is 1.47. The molecule has 3 aliphatic heterocycles. The molecule has 2 amide bonds. The second kappa shape index (κ2) is 9.29. The largest absolute Gasteiger partial charge is 0.368 e. The van der Waals surface area contributed by atoms with E-state index in [9.17, 15) is 9.59 Å². The predicted octanol–water partition coefficient (Wildman–Crippen LogP) is 3.37. The molecular formula is C25H32N6O2S. The van der Waals surface area contributed by atoms with Crippen LogP contribution in [0.4, 0.5) is 11.4 Å². The van der Waals surface area contributed by atoms with Crippen LogP contribution in [0.5, 0.6) is 0 Å². The summed E-state index contributed by atoms with van der Waals surface area (Å²) in [5.41, 5.74) is 7.83. The number of amidine groups is 1. The van der Waals surface area contributed by atoms with Gasteiger partial charge in [0.1, 0.15) is 10.7 Å². The normalized spacial score (nSPS) is 19.7. The lowest BCUT2D eigenvalue weighted by Crippen LogP contribution is -2.58. The fourth-order valence-corrected chi connectivity index (χ4v) is 5.87.